The molecular weight excluding hydrogens is 607 g/mol. The van der Waals surface area contributed by atoms with Gasteiger partial charge in [0.15, 0.2) is 0 Å². The summed E-state index contributed by atoms with van der Waals surface area (Å²) in [7, 11) is 1.33. The van der Waals surface area contributed by atoms with E-state index in [-0.39, 0.29) is 28.9 Å². The van der Waals surface area contributed by atoms with Crippen LogP contribution in [0, 0.1) is 5.82 Å². The van der Waals surface area contributed by atoms with Crippen LogP contribution in [0.3, 0.4) is 0 Å². The van der Waals surface area contributed by atoms with Crippen LogP contribution < -0.4 is 5.32 Å². The number of anilines is 1. The van der Waals surface area contributed by atoms with Crippen molar-refractivity contribution in [3.63, 3.8) is 0 Å². The molecule has 3 heterocycles. The number of imidazole rings is 1. The molecule has 1 saturated heterocycles. The third-order valence-corrected chi connectivity index (χ3v) is 8.14. The average Bonchev–Trinajstić information content (AvgIpc) is 3.41. The Labute approximate surface area is 243 Å². The van der Waals surface area contributed by atoms with Crippen molar-refractivity contribution in [3.8, 4) is 11.3 Å². The van der Waals surface area contributed by atoms with Gasteiger partial charge in [-0.25, -0.2) is 14.2 Å². The Morgan fingerprint density at radius 1 is 1.25 bits per heavy atom. The predicted molar refractivity (Wildman–Crippen MR) is 149 cm³/mol. The van der Waals surface area contributed by atoms with Crippen LogP contribution in [0.15, 0.2) is 41.0 Å². The van der Waals surface area contributed by atoms with Gasteiger partial charge in [-0.15, -0.1) is 0 Å². The van der Waals surface area contributed by atoms with Gasteiger partial charge in [0.2, 0.25) is 5.91 Å². The first-order valence-corrected chi connectivity index (χ1v) is 14.1. The summed E-state index contributed by atoms with van der Waals surface area (Å²) in [6.45, 7) is 0.316. The summed E-state index contributed by atoms with van der Waals surface area (Å²) in [6.07, 6.45) is 2.82. The highest BCUT2D eigenvalue weighted by Gasteiger charge is 2.37. The van der Waals surface area contributed by atoms with Crippen LogP contribution in [0.25, 0.3) is 11.3 Å². The first-order valence-electron chi connectivity index (χ1n) is 12.9. The molecule has 2 aliphatic heterocycles. The summed E-state index contributed by atoms with van der Waals surface area (Å²) >= 11 is 9.33. The zero-order valence-electron chi connectivity index (χ0n) is 21.6. The number of halogens is 3. The topological polar surface area (TPSA) is 114 Å². The fourth-order valence-corrected chi connectivity index (χ4v) is 5.84. The van der Waals surface area contributed by atoms with Crippen molar-refractivity contribution < 1.29 is 28.2 Å². The number of nitrogens with one attached hydrogen (secondary N) is 2. The van der Waals surface area contributed by atoms with E-state index in [1.165, 1.54) is 13.2 Å². The Bertz CT molecular complexity index is 1460. The second-order valence-corrected chi connectivity index (χ2v) is 11.0. The quantitative estimate of drug-likeness (QED) is 0.251. The van der Waals surface area contributed by atoms with Crippen LogP contribution in [0.4, 0.5) is 14.9 Å². The number of carbonyl (C=O) groups excluding carboxylic acids is 3. The first-order chi connectivity index (χ1) is 19.2. The molecule has 2 aliphatic rings. The number of benzene rings is 2. The molecule has 5 rings (SSSR count). The van der Waals surface area contributed by atoms with E-state index in [1.54, 1.807) is 29.3 Å². The Morgan fingerprint density at radius 3 is 2.85 bits per heavy atom. The molecule has 2 atom stereocenters. The van der Waals surface area contributed by atoms with Gasteiger partial charge in [0, 0.05) is 35.0 Å². The normalized spacial score (nSPS) is 19.6. The Morgan fingerprint density at radius 2 is 2.08 bits per heavy atom. The highest BCUT2D eigenvalue weighted by molar-refractivity contribution is 9.10. The van der Waals surface area contributed by atoms with Crippen LogP contribution in [-0.2, 0) is 25.5 Å². The van der Waals surface area contributed by atoms with E-state index in [4.69, 9.17) is 21.1 Å². The molecule has 12 heteroatoms. The minimum Gasteiger partial charge on any atom is -0.469 e. The standard InChI is InChI=1S/C28H27BrClFN4O5/c1-39-24(37)13-15-6-7-16-19(12-15)33-23(36)5-3-2-4-21(27-32-14-20(16)34-27)35-11-10-22(40-28(35)38)25-17(29)8-9-18(30)26(25)31/h6-9,12,14,21-22H,2-5,10-11,13H2,1H3,(H,32,34)(H,33,36)/t21-,22?/m0/s1. The lowest BCUT2D eigenvalue weighted by Crippen LogP contribution is -2.42. The molecule has 210 valence electrons. The summed E-state index contributed by atoms with van der Waals surface area (Å²) in [5, 5.41) is 2.92. The SMILES string of the molecule is COC(=O)Cc1ccc2c(c1)NC(=O)CCCC[C@H](N1CCC(c3c(Br)ccc(Cl)c3F)OC1=O)c1ncc-2[nH]1. The van der Waals surface area contributed by atoms with Crippen molar-refractivity contribution in [1.29, 1.82) is 0 Å². The fraction of sp³-hybridized carbons (Fsp3) is 0.357. The summed E-state index contributed by atoms with van der Waals surface area (Å²) in [6, 6.07) is 8.00. The molecule has 9 nitrogen and oxygen atoms in total. The highest BCUT2D eigenvalue weighted by Crippen LogP contribution is 2.39. The lowest BCUT2D eigenvalue weighted by molar-refractivity contribution is -0.139. The third kappa shape index (κ3) is 5.85. The minimum absolute atomic E-state index is 0.0409. The number of fused-ring (bicyclic) bond motifs is 4. The molecule has 2 aromatic carbocycles. The maximum atomic E-state index is 14.8. The molecule has 2 bridgehead atoms. The number of hydrogen-bond acceptors (Lipinski definition) is 6. The van der Waals surface area contributed by atoms with Gasteiger partial charge in [-0.1, -0.05) is 46.1 Å². The van der Waals surface area contributed by atoms with Crippen molar-refractivity contribution in [2.75, 3.05) is 19.0 Å². The molecule has 2 amide bonds. The van der Waals surface area contributed by atoms with E-state index >= 15 is 0 Å². The molecule has 1 fully saturated rings. The van der Waals surface area contributed by atoms with Crippen molar-refractivity contribution in [2.45, 2.75) is 50.7 Å². The highest BCUT2D eigenvalue weighted by atomic mass is 79.9. The molecule has 0 aliphatic carbocycles. The largest absolute Gasteiger partial charge is 0.469 e. The second-order valence-electron chi connectivity index (χ2n) is 9.74. The molecule has 1 unspecified atom stereocenters. The van der Waals surface area contributed by atoms with Gasteiger partial charge in [0.05, 0.1) is 42.2 Å². The maximum Gasteiger partial charge on any atom is 0.411 e. The second kappa shape index (κ2) is 12.0. The van der Waals surface area contributed by atoms with E-state index in [0.29, 0.717) is 71.5 Å². The third-order valence-electron chi connectivity index (χ3n) is 7.15. The van der Waals surface area contributed by atoms with Crippen molar-refractivity contribution in [2.24, 2.45) is 0 Å². The van der Waals surface area contributed by atoms with E-state index in [9.17, 15) is 18.8 Å². The van der Waals surface area contributed by atoms with Gasteiger partial charge in [-0.3, -0.25) is 14.5 Å². The van der Waals surface area contributed by atoms with Crippen molar-refractivity contribution >= 4 is 51.2 Å². The van der Waals surface area contributed by atoms with E-state index in [0.717, 1.165) is 0 Å². The van der Waals surface area contributed by atoms with Gasteiger partial charge in [-0.2, -0.15) is 0 Å². The van der Waals surface area contributed by atoms with Crippen LogP contribution >= 0.6 is 27.5 Å². The molecule has 0 saturated carbocycles. The van der Waals surface area contributed by atoms with Crippen LogP contribution in [0.2, 0.25) is 5.02 Å². The van der Waals surface area contributed by atoms with Gasteiger partial charge in [0.1, 0.15) is 17.7 Å². The number of esters is 1. The van der Waals surface area contributed by atoms with Gasteiger partial charge in [-0.05, 0) is 36.6 Å². The number of H-pyrrole nitrogens is 1. The number of aromatic amines is 1. The lowest BCUT2D eigenvalue weighted by atomic mass is 10.0. The molecule has 0 radical (unpaired) electrons. The van der Waals surface area contributed by atoms with Gasteiger partial charge in [0.25, 0.3) is 0 Å². The fourth-order valence-electron chi connectivity index (χ4n) is 5.12. The Kier molecular flexibility index (Phi) is 8.41. The molecular formula is C28H27BrClFN4O5. The minimum atomic E-state index is -0.787. The monoisotopic (exact) mass is 632 g/mol. The van der Waals surface area contributed by atoms with E-state index in [2.05, 4.69) is 31.2 Å². The number of aromatic nitrogens is 2. The first kappa shape index (κ1) is 28.1. The maximum absolute atomic E-state index is 14.8. The molecule has 2 N–H and O–H groups in total. The Hall–Kier alpha value is -3.44. The van der Waals surface area contributed by atoms with Gasteiger partial charge < -0.3 is 19.8 Å². The summed E-state index contributed by atoms with van der Waals surface area (Å²) in [4.78, 5) is 47.3. The zero-order chi connectivity index (χ0) is 28.4. The number of cyclic esters (lactones) is 1. The van der Waals surface area contributed by atoms with Crippen molar-refractivity contribution in [1.82, 2.24) is 14.9 Å². The number of hydrogen-bond donors (Lipinski definition) is 2. The molecule has 1 aromatic heterocycles. The molecule has 0 spiro atoms. The van der Waals surface area contributed by atoms with E-state index < -0.39 is 24.1 Å². The van der Waals surface area contributed by atoms with Gasteiger partial charge >= 0.3 is 12.1 Å². The number of nitrogens with zero attached hydrogens (tertiary/aromatic N) is 2. The van der Waals surface area contributed by atoms with Crippen LogP contribution in [0.1, 0.15) is 61.2 Å². The summed E-state index contributed by atoms with van der Waals surface area (Å²) < 4.78 is 25.8. The van der Waals surface area contributed by atoms with Crippen LogP contribution in [-0.4, -0.2) is 46.5 Å². The average molecular weight is 634 g/mol. The summed E-state index contributed by atoms with van der Waals surface area (Å²) in [5.74, 6) is -0.567. The number of rotatable bonds is 4. The van der Waals surface area contributed by atoms with Crippen LogP contribution in [0.5, 0.6) is 0 Å². The summed E-state index contributed by atoms with van der Waals surface area (Å²) in [5.41, 5.74) is 2.81. The number of carbonyl (C=O) groups is 3. The van der Waals surface area contributed by atoms with Crippen molar-refractivity contribution in [3.05, 3.63) is 68.8 Å². The molecule has 3 aromatic rings. The molecule has 40 heavy (non-hydrogen) atoms. The number of ether oxygens (including phenoxy) is 2. The Balaban J connectivity index is 1.43. The predicted octanol–water partition coefficient (Wildman–Crippen LogP) is 6.48. The number of methoxy groups -OCH3 is 1. The zero-order valence-corrected chi connectivity index (χ0v) is 24.0. The van der Waals surface area contributed by atoms with E-state index in [1.807, 2.05) is 6.07 Å². The lowest BCUT2D eigenvalue weighted by Gasteiger charge is -2.37. The number of amides is 2. The smallest absolute Gasteiger partial charge is 0.411 e.